The van der Waals surface area contributed by atoms with Crippen molar-refractivity contribution in [1.82, 2.24) is 19.9 Å². The zero-order valence-electron chi connectivity index (χ0n) is 12.0. The maximum atomic E-state index is 12.3. The zero-order valence-corrected chi connectivity index (χ0v) is 12.8. The molecule has 1 N–H and O–H groups in total. The summed E-state index contributed by atoms with van der Waals surface area (Å²) in [6, 6.07) is 11.6. The van der Waals surface area contributed by atoms with E-state index in [-0.39, 0.29) is 5.91 Å². The summed E-state index contributed by atoms with van der Waals surface area (Å²) in [6.45, 7) is 2.47. The molecule has 0 saturated carbocycles. The molecule has 1 aromatic carbocycles. The number of hydrogen-bond donors (Lipinski definition) is 1. The van der Waals surface area contributed by atoms with Crippen molar-refractivity contribution in [3.05, 3.63) is 64.8 Å². The third kappa shape index (κ3) is 3.17. The number of carbonyl (C=O) groups excluding carboxylic acids is 1. The molecule has 1 amide bonds. The molecule has 0 fully saturated rings. The smallest absolute Gasteiger partial charge is 0.265 e. The molecule has 0 unspecified atom stereocenters. The van der Waals surface area contributed by atoms with Crippen LogP contribution in [0.4, 0.5) is 0 Å². The molecular weight excluding hydrogens is 296 g/mol. The Morgan fingerprint density at radius 3 is 2.59 bits per heavy atom. The second-order valence-electron chi connectivity index (χ2n) is 4.85. The maximum absolute atomic E-state index is 12.3. The summed E-state index contributed by atoms with van der Waals surface area (Å²) in [5, 5.41) is 6.98. The van der Waals surface area contributed by atoms with Crippen LogP contribution in [-0.4, -0.2) is 20.5 Å². The summed E-state index contributed by atoms with van der Waals surface area (Å²) in [5.41, 5.74) is 3.68. The number of rotatable bonds is 4. The molecule has 110 valence electrons. The molecule has 2 heterocycles. The molecule has 6 heteroatoms. The number of pyridine rings is 1. The summed E-state index contributed by atoms with van der Waals surface area (Å²) in [5.74, 6) is -0.164. The first-order valence-corrected chi connectivity index (χ1v) is 7.58. The first-order chi connectivity index (χ1) is 10.7. The Morgan fingerprint density at radius 2 is 1.86 bits per heavy atom. The van der Waals surface area contributed by atoms with Gasteiger partial charge in [-0.15, -0.1) is 5.10 Å². The Morgan fingerprint density at radius 1 is 1.14 bits per heavy atom. The second kappa shape index (κ2) is 6.44. The van der Waals surface area contributed by atoms with Crippen LogP contribution >= 0.6 is 11.5 Å². The highest BCUT2D eigenvalue weighted by atomic mass is 32.1. The van der Waals surface area contributed by atoms with E-state index in [1.165, 1.54) is 0 Å². The summed E-state index contributed by atoms with van der Waals surface area (Å²) in [6.07, 6.45) is 3.40. The predicted molar refractivity (Wildman–Crippen MR) is 85.5 cm³/mol. The van der Waals surface area contributed by atoms with E-state index in [0.717, 1.165) is 28.2 Å². The van der Waals surface area contributed by atoms with Crippen LogP contribution in [0.3, 0.4) is 0 Å². The Labute approximate surface area is 132 Å². The van der Waals surface area contributed by atoms with Gasteiger partial charge in [0, 0.05) is 24.5 Å². The van der Waals surface area contributed by atoms with Crippen molar-refractivity contribution in [3.63, 3.8) is 0 Å². The van der Waals surface area contributed by atoms with Gasteiger partial charge >= 0.3 is 0 Å². The largest absolute Gasteiger partial charge is 0.347 e. The van der Waals surface area contributed by atoms with Crippen LogP contribution in [0.5, 0.6) is 0 Å². The monoisotopic (exact) mass is 310 g/mol. The van der Waals surface area contributed by atoms with E-state index in [1.54, 1.807) is 12.4 Å². The minimum absolute atomic E-state index is 0.164. The van der Waals surface area contributed by atoms with Crippen molar-refractivity contribution in [2.45, 2.75) is 13.5 Å². The van der Waals surface area contributed by atoms with Gasteiger partial charge in [-0.3, -0.25) is 9.78 Å². The van der Waals surface area contributed by atoms with Crippen molar-refractivity contribution in [2.75, 3.05) is 0 Å². The first kappa shape index (κ1) is 14.3. The molecule has 22 heavy (non-hydrogen) atoms. The Hall–Kier alpha value is -2.60. The number of aryl methyl sites for hydroxylation is 1. The zero-order chi connectivity index (χ0) is 15.4. The van der Waals surface area contributed by atoms with Crippen LogP contribution in [0.2, 0.25) is 0 Å². The van der Waals surface area contributed by atoms with E-state index in [4.69, 9.17) is 0 Å². The van der Waals surface area contributed by atoms with Crippen molar-refractivity contribution < 1.29 is 4.79 Å². The Bertz CT molecular complexity index is 768. The van der Waals surface area contributed by atoms with Crippen LogP contribution in [0.1, 0.15) is 20.8 Å². The van der Waals surface area contributed by atoms with Gasteiger partial charge in [0.05, 0.1) is 0 Å². The average Bonchev–Trinajstić information content (AvgIpc) is 3.04. The third-order valence-electron chi connectivity index (χ3n) is 3.22. The number of carbonyl (C=O) groups is 1. The molecule has 3 aromatic rings. The average molecular weight is 310 g/mol. The Kier molecular flexibility index (Phi) is 4.20. The highest BCUT2D eigenvalue weighted by molar-refractivity contribution is 7.08. The third-order valence-corrected chi connectivity index (χ3v) is 3.95. The molecule has 2 aromatic heterocycles. The van der Waals surface area contributed by atoms with Crippen LogP contribution in [-0.2, 0) is 6.54 Å². The molecule has 0 aliphatic heterocycles. The lowest BCUT2D eigenvalue weighted by Crippen LogP contribution is -2.22. The molecule has 0 spiro atoms. The van der Waals surface area contributed by atoms with Gasteiger partial charge in [-0.1, -0.05) is 34.3 Å². The van der Waals surface area contributed by atoms with E-state index in [9.17, 15) is 4.79 Å². The lowest BCUT2D eigenvalue weighted by Gasteiger charge is -2.05. The molecule has 0 aliphatic carbocycles. The predicted octanol–water partition coefficient (Wildman–Crippen LogP) is 2.84. The molecule has 0 radical (unpaired) electrons. The number of aromatic nitrogens is 3. The molecule has 5 nitrogen and oxygen atoms in total. The summed E-state index contributed by atoms with van der Waals surface area (Å²) in [7, 11) is 0. The second-order valence-corrected chi connectivity index (χ2v) is 5.61. The van der Waals surface area contributed by atoms with Crippen LogP contribution < -0.4 is 5.32 Å². The summed E-state index contributed by atoms with van der Waals surface area (Å²) >= 11 is 1.11. The van der Waals surface area contributed by atoms with Gasteiger partial charge in [0.15, 0.2) is 0 Å². The topological polar surface area (TPSA) is 67.8 Å². The van der Waals surface area contributed by atoms with Gasteiger partial charge in [0.1, 0.15) is 10.6 Å². The quantitative estimate of drug-likeness (QED) is 0.804. The van der Waals surface area contributed by atoms with Crippen molar-refractivity contribution in [1.29, 1.82) is 0 Å². The summed E-state index contributed by atoms with van der Waals surface area (Å²) in [4.78, 5) is 16.8. The van der Waals surface area contributed by atoms with E-state index in [0.29, 0.717) is 17.1 Å². The lowest BCUT2D eigenvalue weighted by atomic mass is 10.1. The number of nitrogens with zero attached hydrogens (tertiary/aromatic N) is 3. The molecular formula is C16H14N4OS. The van der Waals surface area contributed by atoms with Gasteiger partial charge < -0.3 is 5.32 Å². The van der Waals surface area contributed by atoms with Crippen molar-refractivity contribution >= 4 is 17.4 Å². The van der Waals surface area contributed by atoms with E-state index >= 15 is 0 Å². The van der Waals surface area contributed by atoms with E-state index in [2.05, 4.69) is 19.9 Å². The highest BCUT2D eigenvalue weighted by Crippen LogP contribution is 2.24. The SMILES string of the molecule is Cc1ccc(-c2nnsc2C(=O)NCc2ccncc2)cc1. The minimum atomic E-state index is -0.164. The van der Waals surface area contributed by atoms with Crippen LogP contribution in [0.25, 0.3) is 11.3 Å². The van der Waals surface area contributed by atoms with Crippen LogP contribution in [0, 0.1) is 6.92 Å². The molecule has 0 atom stereocenters. The molecule has 3 rings (SSSR count). The Balaban J connectivity index is 1.76. The number of amides is 1. The van der Waals surface area contributed by atoms with Crippen molar-refractivity contribution in [2.24, 2.45) is 0 Å². The van der Waals surface area contributed by atoms with Gasteiger partial charge in [0.2, 0.25) is 0 Å². The maximum Gasteiger partial charge on any atom is 0.265 e. The standard InChI is InChI=1S/C16H14N4OS/c1-11-2-4-13(5-3-11)14-15(22-20-19-14)16(21)18-10-12-6-8-17-9-7-12/h2-9H,10H2,1H3,(H,18,21). The minimum Gasteiger partial charge on any atom is -0.347 e. The normalized spacial score (nSPS) is 10.4. The van der Waals surface area contributed by atoms with Gasteiger partial charge in [-0.05, 0) is 36.2 Å². The van der Waals surface area contributed by atoms with Crippen LogP contribution in [0.15, 0.2) is 48.8 Å². The lowest BCUT2D eigenvalue weighted by molar-refractivity contribution is 0.0955. The fourth-order valence-corrected chi connectivity index (χ4v) is 2.61. The molecule has 0 saturated heterocycles. The highest BCUT2D eigenvalue weighted by Gasteiger charge is 2.17. The van der Waals surface area contributed by atoms with E-state index < -0.39 is 0 Å². The fourth-order valence-electron chi connectivity index (χ4n) is 2.00. The number of nitrogens with one attached hydrogen (secondary N) is 1. The molecule has 0 aliphatic rings. The van der Waals surface area contributed by atoms with Gasteiger partial charge in [-0.2, -0.15) is 0 Å². The first-order valence-electron chi connectivity index (χ1n) is 6.80. The van der Waals surface area contributed by atoms with Crippen molar-refractivity contribution in [3.8, 4) is 11.3 Å². The van der Waals surface area contributed by atoms with E-state index in [1.807, 2.05) is 43.3 Å². The van der Waals surface area contributed by atoms with Gasteiger partial charge in [0.25, 0.3) is 5.91 Å². The number of hydrogen-bond acceptors (Lipinski definition) is 5. The van der Waals surface area contributed by atoms with Gasteiger partial charge in [-0.25, -0.2) is 0 Å². The molecule has 0 bridgehead atoms. The summed E-state index contributed by atoms with van der Waals surface area (Å²) < 4.78 is 3.92. The number of benzene rings is 1. The fraction of sp³-hybridized carbons (Fsp3) is 0.125.